The van der Waals surface area contributed by atoms with Crippen LogP contribution in [0.3, 0.4) is 0 Å². The molecule has 2 saturated heterocycles. The number of nitrogens with one attached hydrogen (secondary N) is 1. The van der Waals surface area contributed by atoms with Crippen LogP contribution >= 0.6 is 0 Å². The van der Waals surface area contributed by atoms with Gasteiger partial charge >= 0.3 is 0 Å². The smallest absolute Gasteiger partial charge is 0.243 e. The van der Waals surface area contributed by atoms with Gasteiger partial charge in [0.2, 0.25) is 15.9 Å². The summed E-state index contributed by atoms with van der Waals surface area (Å²) in [5, 5.41) is 2.79. The third-order valence-corrected chi connectivity index (χ3v) is 9.62. The Hall–Kier alpha value is -2.36. The highest BCUT2D eigenvalue weighted by atomic mass is 32.2. The molecule has 0 unspecified atom stereocenters. The molecule has 1 spiro atoms. The molecule has 0 bridgehead atoms. The van der Waals surface area contributed by atoms with Crippen molar-refractivity contribution in [2.75, 3.05) is 31.5 Å². The van der Waals surface area contributed by atoms with Gasteiger partial charge in [-0.2, -0.15) is 4.31 Å². The van der Waals surface area contributed by atoms with Crippen molar-refractivity contribution < 1.29 is 22.0 Å². The lowest BCUT2D eigenvalue weighted by Gasteiger charge is -2.53. The Morgan fingerprint density at radius 3 is 2.37 bits per heavy atom. The molecule has 2 aromatic rings. The number of likely N-dealkylation sites (tertiary alicyclic amines) is 1. The maximum atomic E-state index is 13.8. The molecule has 2 heterocycles. The summed E-state index contributed by atoms with van der Waals surface area (Å²) < 4.78 is 55.8. The number of piperidine rings is 2. The summed E-state index contributed by atoms with van der Waals surface area (Å²) in [7, 11) is -3.86. The van der Waals surface area contributed by atoms with Gasteiger partial charge in [0, 0.05) is 17.8 Å². The number of carbonyl (C=O) groups excluding carboxylic acids is 1. The van der Waals surface area contributed by atoms with E-state index in [-0.39, 0.29) is 22.8 Å². The maximum absolute atomic E-state index is 13.8. The average molecular weight is 506 g/mol. The van der Waals surface area contributed by atoms with E-state index in [2.05, 4.69) is 10.2 Å². The van der Waals surface area contributed by atoms with Gasteiger partial charge < -0.3 is 5.32 Å². The molecule has 2 aliphatic rings. The first-order valence-corrected chi connectivity index (χ1v) is 13.4. The van der Waals surface area contributed by atoms with Crippen LogP contribution in [0, 0.1) is 24.0 Å². The van der Waals surface area contributed by atoms with Crippen molar-refractivity contribution in [2.24, 2.45) is 5.41 Å². The number of hydrogen-bond acceptors (Lipinski definition) is 4. The van der Waals surface area contributed by atoms with Crippen LogP contribution in [-0.2, 0) is 14.8 Å². The van der Waals surface area contributed by atoms with E-state index in [1.54, 1.807) is 10.4 Å². The van der Waals surface area contributed by atoms with Crippen molar-refractivity contribution in [3.63, 3.8) is 0 Å². The van der Waals surface area contributed by atoms with Crippen molar-refractivity contribution in [1.29, 1.82) is 0 Å². The van der Waals surface area contributed by atoms with E-state index < -0.39 is 27.2 Å². The van der Waals surface area contributed by atoms with E-state index in [1.165, 1.54) is 30.3 Å². The second-order valence-corrected chi connectivity index (χ2v) is 12.4. The molecule has 0 radical (unpaired) electrons. The molecule has 0 aliphatic carbocycles. The number of hydrogen-bond donors (Lipinski definition) is 1. The van der Waals surface area contributed by atoms with Gasteiger partial charge in [-0.05, 0) is 101 Å². The summed E-state index contributed by atoms with van der Waals surface area (Å²) in [6, 6.07) is 9.48. The third kappa shape index (κ3) is 5.57. The lowest BCUT2D eigenvalue weighted by atomic mass is 9.69. The predicted octanol–water partition coefficient (Wildman–Crippen LogP) is 4.56. The number of aryl methyl sites for hydroxylation is 1. The van der Waals surface area contributed by atoms with E-state index in [0.29, 0.717) is 31.7 Å². The van der Waals surface area contributed by atoms with Crippen LogP contribution in [0.4, 0.5) is 14.5 Å². The first kappa shape index (κ1) is 25.7. The van der Waals surface area contributed by atoms with Gasteiger partial charge in [-0.15, -0.1) is 0 Å². The summed E-state index contributed by atoms with van der Waals surface area (Å²) in [4.78, 5) is 14.6. The minimum Gasteiger partial charge on any atom is -0.325 e. The van der Waals surface area contributed by atoms with E-state index >= 15 is 0 Å². The van der Waals surface area contributed by atoms with Gasteiger partial charge in [0.05, 0.1) is 11.4 Å². The highest BCUT2D eigenvalue weighted by Gasteiger charge is 2.49. The number of carbonyl (C=O) groups is 1. The molecule has 0 aromatic heterocycles. The summed E-state index contributed by atoms with van der Waals surface area (Å²) in [5.74, 6) is -1.17. The Morgan fingerprint density at radius 2 is 1.69 bits per heavy atom. The largest absolute Gasteiger partial charge is 0.325 e. The molecule has 6 nitrogen and oxygen atoms in total. The standard InChI is InChI=1S/C26H33F2N3O3S/c1-19-7-8-21(28)16-23(19)29-24(32)17-30-13-11-26(12-14-30)10-9-25(2,3)31(18-26)35(33,34)22-6-4-5-20(27)15-22/h4-8,15-16H,9-14,17-18H2,1-3H3,(H,29,32). The monoisotopic (exact) mass is 505 g/mol. The Labute approximate surface area is 206 Å². The summed E-state index contributed by atoms with van der Waals surface area (Å²) in [6.45, 7) is 7.57. The second-order valence-electron chi connectivity index (χ2n) is 10.6. The van der Waals surface area contributed by atoms with Crippen LogP contribution in [0.5, 0.6) is 0 Å². The molecule has 0 saturated carbocycles. The molecule has 2 aromatic carbocycles. The molecule has 1 N–H and O–H groups in total. The first-order chi connectivity index (χ1) is 16.4. The number of anilines is 1. The number of nitrogens with zero attached hydrogens (tertiary/aromatic N) is 2. The van der Waals surface area contributed by atoms with Crippen LogP contribution in [0.15, 0.2) is 47.4 Å². The van der Waals surface area contributed by atoms with E-state index in [1.807, 2.05) is 20.8 Å². The van der Waals surface area contributed by atoms with Crippen LogP contribution in [-0.4, -0.2) is 55.2 Å². The molecule has 35 heavy (non-hydrogen) atoms. The minimum absolute atomic E-state index is 0.0237. The molecule has 190 valence electrons. The average Bonchev–Trinajstić information content (AvgIpc) is 2.79. The van der Waals surface area contributed by atoms with Gasteiger partial charge in [-0.1, -0.05) is 12.1 Å². The summed E-state index contributed by atoms with van der Waals surface area (Å²) >= 11 is 0. The molecule has 0 atom stereocenters. The van der Waals surface area contributed by atoms with E-state index in [9.17, 15) is 22.0 Å². The van der Waals surface area contributed by atoms with Gasteiger partial charge in [0.15, 0.2) is 0 Å². The topological polar surface area (TPSA) is 69.7 Å². The zero-order chi connectivity index (χ0) is 25.4. The number of sulfonamides is 1. The van der Waals surface area contributed by atoms with Gasteiger partial charge in [0.1, 0.15) is 11.6 Å². The lowest BCUT2D eigenvalue weighted by Crippen LogP contribution is -2.59. The maximum Gasteiger partial charge on any atom is 0.243 e. The van der Waals surface area contributed by atoms with Crippen LogP contribution < -0.4 is 5.32 Å². The van der Waals surface area contributed by atoms with Gasteiger partial charge in [0.25, 0.3) is 0 Å². The SMILES string of the molecule is Cc1ccc(F)cc1NC(=O)CN1CCC2(CC1)CCC(C)(C)N(S(=O)(=O)c1cccc(F)c1)C2. The summed E-state index contributed by atoms with van der Waals surface area (Å²) in [6.07, 6.45) is 3.15. The van der Waals surface area contributed by atoms with Crippen molar-refractivity contribution >= 4 is 21.6 Å². The normalized spacial score (nSPS) is 20.6. The zero-order valence-electron chi connectivity index (χ0n) is 20.5. The molecular formula is C26H33F2N3O3S. The van der Waals surface area contributed by atoms with Crippen molar-refractivity contribution in [3.05, 3.63) is 59.7 Å². The molecular weight excluding hydrogens is 472 g/mol. The Balaban J connectivity index is 1.42. The summed E-state index contributed by atoms with van der Waals surface area (Å²) in [5.41, 5.74) is 0.510. The fourth-order valence-corrected chi connectivity index (χ4v) is 7.13. The Bertz CT molecular complexity index is 1210. The number of halogens is 2. The fourth-order valence-electron chi connectivity index (χ4n) is 5.17. The van der Waals surface area contributed by atoms with Crippen molar-refractivity contribution in [1.82, 2.24) is 9.21 Å². The fraction of sp³-hybridized carbons (Fsp3) is 0.500. The van der Waals surface area contributed by atoms with Crippen molar-refractivity contribution in [2.45, 2.75) is 56.9 Å². The number of benzene rings is 2. The molecule has 4 rings (SSSR count). The second kappa shape index (κ2) is 9.59. The quantitative estimate of drug-likeness (QED) is 0.647. The van der Waals surface area contributed by atoms with E-state index in [4.69, 9.17) is 0 Å². The number of amides is 1. The van der Waals surface area contributed by atoms with Gasteiger partial charge in [-0.3, -0.25) is 9.69 Å². The molecule has 1 amide bonds. The van der Waals surface area contributed by atoms with Gasteiger partial charge in [-0.25, -0.2) is 17.2 Å². The van der Waals surface area contributed by atoms with Crippen LogP contribution in [0.1, 0.15) is 45.1 Å². The lowest BCUT2D eigenvalue weighted by molar-refractivity contribution is -0.118. The Morgan fingerprint density at radius 1 is 1.00 bits per heavy atom. The number of rotatable bonds is 5. The minimum atomic E-state index is -3.86. The zero-order valence-corrected chi connectivity index (χ0v) is 21.3. The van der Waals surface area contributed by atoms with Crippen molar-refractivity contribution in [3.8, 4) is 0 Å². The van der Waals surface area contributed by atoms with E-state index in [0.717, 1.165) is 30.9 Å². The molecule has 2 fully saturated rings. The predicted molar refractivity (Wildman–Crippen MR) is 131 cm³/mol. The third-order valence-electron chi connectivity index (χ3n) is 7.56. The molecule has 2 aliphatic heterocycles. The highest BCUT2D eigenvalue weighted by Crippen LogP contribution is 2.46. The first-order valence-electron chi connectivity index (χ1n) is 12.0. The Kier molecular flexibility index (Phi) is 7.05. The van der Waals surface area contributed by atoms with Crippen LogP contribution in [0.2, 0.25) is 0 Å². The van der Waals surface area contributed by atoms with Crippen LogP contribution in [0.25, 0.3) is 0 Å². The molecule has 9 heteroatoms. The highest BCUT2D eigenvalue weighted by molar-refractivity contribution is 7.89.